The predicted molar refractivity (Wildman–Crippen MR) is 72.9 cm³/mol. The fourth-order valence-electron chi connectivity index (χ4n) is 2.49. The van der Waals surface area contributed by atoms with Crippen LogP contribution in [-0.4, -0.2) is 12.6 Å². The van der Waals surface area contributed by atoms with Crippen molar-refractivity contribution in [2.24, 2.45) is 11.8 Å². The van der Waals surface area contributed by atoms with Crippen LogP contribution in [0.2, 0.25) is 0 Å². The molecular formula is C15H20N2O. The minimum Gasteiger partial charge on any atom is -0.493 e. The Morgan fingerprint density at radius 3 is 3.11 bits per heavy atom. The normalized spacial score (nSPS) is 19.4. The summed E-state index contributed by atoms with van der Waals surface area (Å²) in [4.78, 5) is 0. The molecule has 0 saturated carbocycles. The van der Waals surface area contributed by atoms with E-state index in [0.29, 0.717) is 5.92 Å². The van der Waals surface area contributed by atoms with Crippen molar-refractivity contribution in [3.63, 3.8) is 0 Å². The second-order valence-electron chi connectivity index (χ2n) is 4.75. The Balaban J connectivity index is 1.96. The summed E-state index contributed by atoms with van der Waals surface area (Å²) < 4.78 is 5.79. The third-order valence-electron chi connectivity index (χ3n) is 3.53. The lowest BCUT2D eigenvalue weighted by molar-refractivity contribution is 0.178. The molecule has 18 heavy (non-hydrogen) atoms. The summed E-state index contributed by atoms with van der Waals surface area (Å²) in [6.07, 6.45) is 9.09. The number of hydrazine groups is 1. The summed E-state index contributed by atoms with van der Waals surface area (Å²) in [5.41, 5.74) is 4.18. The van der Waals surface area contributed by atoms with Crippen molar-refractivity contribution in [1.82, 2.24) is 5.43 Å². The van der Waals surface area contributed by atoms with E-state index in [1.807, 2.05) is 18.2 Å². The zero-order valence-electron chi connectivity index (χ0n) is 10.6. The van der Waals surface area contributed by atoms with Gasteiger partial charge in [-0.1, -0.05) is 18.2 Å². The van der Waals surface area contributed by atoms with Crippen LogP contribution in [0.25, 0.3) is 0 Å². The van der Waals surface area contributed by atoms with Crippen LogP contribution in [0.5, 0.6) is 5.75 Å². The van der Waals surface area contributed by atoms with Crippen molar-refractivity contribution in [2.45, 2.75) is 31.7 Å². The first kappa shape index (κ1) is 12.9. The zero-order valence-corrected chi connectivity index (χ0v) is 10.6. The Kier molecular flexibility index (Phi) is 4.63. The standard InChI is InChI=1S/C15H20N2O/c1-2-3-4-8-14(17-16)13-10-12-7-5-6-9-15(12)18-11-13/h1,5-7,9,13-14,17H,3-4,8,10-11,16H2. The Bertz CT molecular complexity index is 425. The lowest BCUT2D eigenvalue weighted by atomic mass is 9.88. The molecule has 0 bridgehead atoms. The highest BCUT2D eigenvalue weighted by molar-refractivity contribution is 5.35. The van der Waals surface area contributed by atoms with E-state index in [0.717, 1.165) is 38.0 Å². The van der Waals surface area contributed by atoms with Gasteiger partial charge < -0.3 is 4.74 Å². The molecule has 3 heteroatoms. The van der Waals surface area contributed by atoms with E-state index in [1.54, 1.807) is 0 Å². The fourth-order valence-corrected chi connectivity index (χ4v) is 2.49. The molecule has 3 N–H and O–H groups in total. The number of fused-ring (bicyclic) bond motifs is 1. The van der Waals surface area contributed by atoms with Gasteiger partial charge >= 0.3 is 0 Å². The quantitative estimate of drug-likeness (QED) is 0.360. The highest BCUT2D eigenvalue weighted by Crippen LogP contribution is 2.29. The van der Waals surface area contributed by atoms with Gasteiger partial charge in [0.25, 0.3) is 0 Å². The van der Waals surface area contributed by atoms with Gasteiger partial charge in [-0.25, -0.2) is 0 Å². The summed E-state index contributed by atoms with van der Waals surface area (Å²) >= 11 is 0. The average Bonchev–Trinajstić information content (AvgIpc) is 2.43. The second kappa shape index (κ2) is 6.44. The number of para-hydroxylation sites is 1. The van der Waals surface area contributed by atoms with E-state index >= 15 is 0 Å². The number of terminal acetylenes is 1. The number of unbranched alkanes of at least 4 members (excludes halogenated alkanes) is 1. The average molecular weight is 244 g/mol. The molecular weight excluding hydrogens is 224 g/mol. The van der Waals surface area contributed by atoms with E-state index in [9.17, 15) is 0 Å². The van der Waals surface area contributed by atoms with E-state index in [2.05, 4.69) is 17.4 Å². The minimum atomic E-state index is 0.270. The Morgan fingerprint density at radius 2 is 2.33 bits per heavy atom. The van der Waals surface area contributed by atoms with Crippen LogP contribution in [-0.2, 0) is 6.42 Å². The lowest BCUT2D eigenvalue weighted by Crippen LogP contribution is -2.45. The molecule has 3 nitrogen and oxygen atoms in total. The van der Waals surface area contributed by atoms with E-state index in [1.165, 1.54) is 5.56 Å². The summed E-state index contributed by atoms with van der Waals surface area (Å²) in [6, 6.07) is 8.47. The Morgan fingerprint density at radius 1 is 1.50 bits per heavy atom. The van der Waals surface area contributed by atoms with E-state index in [-0.39, 0.29) is 6.04 Å². The third kappa shape index (κ3) is 3.04. The van der Waals surface area contributed by atoms with Crippen molar-refractivity contribution in [3.8, 4) is 18.1 Å². The Labute approximate surface area is 109 Å². The van der Waals surface area contributed by atoms with Crippen molar-refractivity contribution in [2.75, 3.05) is 6.61 Å². The van der Waals surface area contributed by atoms with Crippen LogP contribution in [0.1, 0.15) is 24.8 Å². The zero-order chi connectivity index (χ0) is 12.8. The molecule has 1 aliphatic rings. The van der Waals surface area contributed by atoms with Gasteiger partial charge in [-0.3, -0.25) is 11.3 Å². The van der Waals surface area contributed by atoms with Gasteiger partial charge in [0.2, 0.25) is 0 Å². The van der Waals surface area contributed by atoms with Crippen molar-refractivity contribution < 1.29 is 4.74 Å². The maximum Gasteiger partial charge on any atom is 0.122 e. The summed E-state index contributed by atoms with van der Waals surface area (Å²) in [5.74, 6) is 9.74. The predicted octanol–water partition coefficient (Wildman–Crippen LogP) is 1.87. The minimum absolute atomic E-state index is 0.270. The molecule has 2 atom stereocenters. The van der Waals surface area contributed by atoms with Crippen LogP contribution >= 0.6 is 0 Å². The summed E-state index contributed by atoms with van der Waals surface area (Å²) in [7, 11) is 0. The van der Waals surface area contributed by atoms with Crippen molar-refractivity contribution in [1.29, 1.82) is 0 Å². The first-order valence-electron chi connectivity index (χ1n) is 6.45. The fraction of sp³-hybridized carbons (Fsp3) is 0.467. The maximum atomic E-state index is 5.79. The molecule has 0 saturated heterocycles. The van der Waals surface area contributed by atoms with E-state index < -0.39 is 0 Å². The maximum absolute atomic E-state index is 5.79. The second-order valence-corrected chi connectivity index (χ2v) is 4.75. The van der Waals surface area contributed by atoms with Gasteiger partial charge in [0.15, 0.2) is 0 Å². The van der Waals surface area contributed by atoms with Gasteiger partial charge in [0.05, 0.1) is 6.61 Å². The van der Waals surface area contributed by atoms with Crippen LogP contribution in [0.4, 0.5) is 0 Å². The third-order valence-corrected chi connectivity index (χ3v) is 3.53. The topological polar surface area (TPSA) is 47.3 Å². The SMILES string of the molecule is C#CCCCC(NN)C1COc2ccccc2C1. The molecule has 0 aliphatic carbocycles. The molecule has 1 aromatic rings. The molecule has 0 amide bonds. The number of benzene rings is 1. The smallest absolute Gasteiger partial charge is 0.122 e. The number of nitrogens with two attached hydrogens (primary N) is 1. The van der Waals surface area contributed by atoms with Crippen LogP contribution in [0.15, 0.2) is 24.3 Å². The van der Waals surface area contributed by atoms with Gasteiger partial charge in [-0.05, 0) is 30.9 Å². The lowest BCUT2D eigenvalue weighted by Gasteiger charge is -2.31. The number of hydrogen-bond donors (Lipinski definition) is 2. The van der Waals surface area contributed by atoms with Crippen LogP contribution in [0.3, 0.4) is 0 Å². The molecule has 1 heterocycles. The summed E-state index contributed by atoms with van der Waals surface area (Å²) in [5, 5.41) is 0. The molecule has 0 spiro atoms. The molecule has 0 radical (unpaired) electrons. The molecule has 1 aliphatic heterocycles. The van der Waals surface area contributed by atoms with E-state index in [4.69, 9.17) is 17.0 Å². The first-order valence-corrected chi connectivity index (χ1v) is 6.45. The number of ether oxygens (including phenoxy) is 1. The molecule has 0 aromatic heterocycles. The first-order chi connectivity index (χ1) is 8.85. The molecule has 0 fully saturated rings. The number of hydrogen-bond acceptors (Lipinski definition) is 3. The molecule has 2 rings (SSSR count). The van der Waals surface area contributed by atoms with Crippen molar-refractivity contribution >= 4 is 0 Å². The molecule has 96 valence electrons. The van der Waals surface area contributed by atoms with Gasteiger partial charge in [0.1, 0.15) is 5.75 Å². The molecule has 2 unspecified atom stereocenters. The van der Waals surface area contributed by atoms with Crippen molar-refractivity contribution in [3.05, 3.63) is 29.8 Å². The summed E-state index contributed by atoms with van der Waals surface area (Å²) in [6.45, 7) is 0.724. The van der Waals surface area contributed by atoms with Crippen LogP contribution < -0.4 is 16.0 Å². The Hall–Kier alpha value is -1.50. The monoisotopic (exact) mass is 244 g/mol. The number of nitrogens with one attached hydrogen (secondary N) is 1. The van der Waals surface area contributed by atoms with Crippen LogP contribution in [0, 0.1) is 18.3 Å². The highest BCUT2D eigenvalue weighted by atomic mass is 16.5. The molecule has 1 aromatic carbocycles. The van der Waals surface area contributed by atoms with Gasteiger partial charge in [-0.15, -0.1) is 12.3 Å². The van der Waals surface area contributed by atoms with Gasteiger partial charge in [0, 0.05) is 18.4 Å². The number of rotatable bonds is 5. The highest BCUT2D eigenvalue weighted by Gasteiger charge is 2.26. The van der Waals surface area contributed by atoms with Gasteiger partial charge in [-0.2, -0.15) is 0 Å². The largest absolute Gasteiger partial charge is 0.493 e.